The zero-order valence-corrected chi connectivity index (χ0v) is 15.8. The first-order valence-electron chi connectivity index (χ1n) is 8.76. The molecule has 0 amide bonds. The Morgan fingerprint density at radius 3 is 2.76 bits per heavy atom. The molecule has 136 valence electrons. The summed E-state index contributed by atoms with van der Waals surface area (Å²) in [6.07, 6.45) is 3.04. The van der Waals surface area contributed by atoms with E-state index < -0.39 is 0 Å². The fourth-order valence-electron chi connectivity index (χ4n) is 4.40. The van der Waals surface area contributed by atoms with Gasteiger partial charge in [0, 0.05) is 11.1 Å². The fourth-order valence-corrected chi connectivity index (χ4v) is 4.62. The highest BCUT2D eigenvalue weighted by Crippen LogP contribution is 2.43. The lowest BCUT2D eigenvalue weighted by Gasteiger charge is -2.47. The second-order valence-electron chi connectivity index (χ2n) is 8.14. The molecule has 0 aliphatic heterocycles. The first kappa shape index (κ1) is 18.4. The molecule has 1 aromatic carbocycles. The van der Waals surface area contributed by atoms with Crippen molar-refractivity contribution in [1.82, 2.24) is 15.5 Å². The molecular formula is C19H26ClN3O2. The van der Waals surface area contributed by atoms with Crippen LogP contribution in [-0.4, -0.2) is 27.4 Å². The smallest absolute Gasteiger partial charge is 0.240 e. The Morgan fingerprint density at radius 2 is 2.08 bits per heavy atom. The predicted octanol–water partition coefficient (Wildman–Crippen LogP) is 4.06. The van der Waals surface area contributed by atoms with E-state index in [9.17, 15) is 5.11 Å². The zero-order valence-electron chi connectivity index (χ0n) is 15.1. The molecule has 1 aromatic heterocycles. The molecule has 2 atom stereocenters. The Hall–Kier alpha value is -1.43. The normalized spacial score (nSPS) is 25.9. The number of nitrogens with one attached hydrogen (secondary N) is 1. The molecule has 1 aliphatic rings. The lowest BCUT2D eigenvalue weighted by Crippen LogP contribution is -2.54. The van der Waals surface area contributed by atoms with Gasteiger partial charge in [0.2, 0.25) is 11.7 Å². The summed E-state index contributed by atoms with van der Waals surface area (Å²) in [5, 5.41) is 18.2. The second kappa shape index (κ2) is 7.06. The van der Waals surface area contributed by atoms with Crippen LogP contribution in [0.5, 0.6) is 0 Å². The molecule has 0 spiro atoms. The van der Waals surface area contributed by atoms with Gasteiger partial charge in [0.1, 0.15) is 0 Å². The van der Waals surface area contributed by atoms with Crippen LogP contribution < -0.4 is 5.32 Å². The van der Waals surface area contributed by atoms with Crippen LogP contribution in [0.2, 0.25) is 5.02 Å². The van der Waals surface area contributed by atoms with E-state index in [0.29, 0.717) is 29.2 Å². The van der Waals surface area contributed by atoms with Gasteiger partial charge in [-0.3, -0.25) is 0 Å². The van der Waals surface area contributed by atoms with E-state index in [1.165, 1.54) is 6.42 Å². The number of halogens is 1. The largest absolute Gasteiger partial charge is 0.394 e. The molecule has 1 heterocycles. The summed E-state index contributed by atoms with van der Waals surface area (Å²) >= 11 is 6.19. The van der Waals surface area contributed by atoms with Gasteiger partial charge in [-0.25, -0.2) is 0 Å². The van der Waals surface area contributed by atoms with E-state index in [2.05, 4.69) is 36.2 Å². The van der Waals surface area contributed by atoms with Crippen LogP contribution in [0, 0.1) is 11.3 Å². The van der Waals surface area contributed by atoms with Crippen LogP contribution in [0.1, 0.15) is 45.9 Å². The Labute approximate surface area is 153 Å². The first-order chi connectivity index (χ1) is 11.8. The van der Waals surface area contributed by atoms with Gasteiger partial charge in [-0.2, -0.15) is 4.98 Å². The maximum atomic E-state index is 10.0. The molecule has 3 rings (SSSR count). The topological polar surface area (TPSA) is 71.2 Å². The molecule has 1 fully saturated rings. The minimum atomic E-state index is -0.305. The molecule has 0 unspecified atom stereocenters. The van der Waals surface area contributed by atoms with Gasteiger partial charge in [-0.05, 0) is 42.7 Å². The molecule has 25 heavy (non-hydrogen) atoms. The zero-order chi connectivity index (χ0) is 18.1. The van der Waals surface area contributed by atoms with Crippen molar-refractivity contribution in [3.8, 4) is 11.4 Å². The highest BCUT2D eigenvalue weighted by molar-refractivity contribution is 6.33. The molecule has 5 nitrogen and oxygen atoms in total. The lowest BCUT2D eigenvalue weighted by molar-refractivity contribution is 0.0335. The number of hydrogen-bond acceptors (Lipinski definition) is 5. The summed E-state index contributed by atoms with van der Waals surface area (Å²) in [6, 6.07) is 7.43. The monoisotopic (exact) mass is 363 g/mol. The number of rotatable bonds is 5. The van der Waals surface area contributed by atoms with Gasteiger partial charge in [0.05, 0.1) is 18.2 Å². The van der Waals surface area contributed by atoms with E-state index in [0.717, 1.165) is 18.4 Å². The van der Waals surface area contributed by atoms with Crippen molar-refractivity contribution >= 4 is 11.6 Å². The van der Waals surface area contributed by atoms with Crippen molar-refractivity contribution in [3.05, 3.63) is 35.2 Å². The van der Waals surface area contributed by atoms with Crippen molar-refractivity contribution in [2.24, 2.45) is 11.3 Å². The van der Waals surface area contributed by atoms with Gasteiger partial charge in [0.25, 0.3) is 0 Å². The van der Waals surface area contributed by atoms with Gasteiger partial charge < -0.3 is 14.9 Å². The lowest BCUT2D eigenvalue weighted by atomic mass is 9.64. The molecule has 0 radical (unpaired) electrons. The third-order valence-corrected chi connectivity index (χ3v) is 5.29. The predicted molar refractivity (Wildman–Crippen MR) is 98.2 cm³/mol. The Bertz CT molecular complexity index is 731. The standard InChI is InChI=1S/C19H26ClN3O2/c1-13-8-18(2,3)11-19(9-13,12-24)21-10-16-22-17(23-25-16)14-6-4-5-7-15(14)20/h4-7,13,21,24H,8-12H2,1-3H3/t13-,19-/m0/s1. The average molecular weight is 364 g/mol. The summed E-state index contributed by atoms with van der Waals surface area (Å²) in [5.41, 5.74) is 0.647. The quantitative estimate of drug-likeness (QED) is 0.838. The van der Waals surface area contributed by atoms with Gasteiger partial charge in [-0.15, -0.1) is 0 Å². The van der Waals surface area contributed by atoms with Crippen LogP contribution in [0.4, 0.5) is 0 Å². The summed E-state index contributed by atoms with van der Waals surface area (Å²) in [5.74, 6) is 1.54. The van der Waals surface area contributed by atoms with Gasteiger partial charge >= 0.3 is 0 Å². The number of benzene rings is 1. The van der Waals surface area contributed by atoms with Gasteiger partial charge in [-0.1, -0.05) is 49.7 Å². The molecule has 0 saturated heterocycles. The summed E-state index contributed by atoms with van der Waals surface area (Å²) in [6.45, 7) is 7.30. The van der Waals surface area contributed by atoms with E-state index in [1.807, 2.05) is 18.2 Å². The van der Waals surface area contributed by atoms with Crippen molar-refractivity contribution in [2.45, 2.75) is 52.1 Å². The fraction of sp³-hybridized carbons (Fsp3) is 0.579. The van der Waals surface area contributed by atoms with Crippen LogP contribution in [0.15, 0.2) is 28.8 Å². The van der Waals surface area contributed by atoms with Gasteiger partial charge in [0.15, 0.2) is 0 Å². The summed E-state index contributed by atoms with van der Waals surface area (Å²) < 4.78 is 5.37. The summed E-state index contributed by atoms with van der Waals surface area (Å²) in [4.78, 5) is 4.44. The molecule has 1 saturated carbocycles. The average Bonchev–Trinajstić information content (AvgIpc) is 3.00. The second-order valence-corrected chi connectivity index (χ2v) is 8.55. The van der Waals surface area contributed by atoms with Crippen LogP contribution >= 0.6 is 11.6 Å². The Morgan fingerprint density at radius 1 is 1.32 bits per heavy atom. The van der Waals surface area contributed by atoms with E-state index in [1.54, 1.807) is 6.07 Å². The Balaban J connectivity index is 1.72. The van der Waals surface area contributed by atoms with Crippen LogP contribution in [0.25, 0.3) is 11.4 Å². The number of aliphatic hydroxyl groups excluding tert-OH is 1. The van der Waals surface area contributed by atoms with E-state index in [-0.39, 0.29) is 17.6 Å². The number of nitrogens with zero attached hydrogens (tertiary/aromatic N) is 2. The number of aliphatic hydroxyl groups is 1. The first-order valence-corrected chi connectivity index (χ1v) is 9.14. The maximum Gasteiger partial charge on any atom is 0.240 e. The Kier molecular flexibility index (Phi) is 5.19. The summed E-state index contributed by atoms with van der Waals surface area (Å²) in [7, 11) is 0. The molecule has 1 aliphatic carbocycles. The minimum Gasteiger partial charge on any atom is -0.394 e. The number of aromatic nitrogens is 2. The third kappa shape index (κ3) is 4.22. The molecule has 2 N–H and O–H groups in total. The molecule has 6 heteroatoms. The molecular weight excluding hydrogens is 338 g/mol. The van der Waals surface area contributed by atoms with Crippen molar-refractivity contribution in [1.29, 1.82) is 0 Å². The third-order valence-electron chi connectivity index (χ3n) is 4.96. The molecule has 0 bridgehead atoms. The molecule has 2 aromatic rings. The number of hydrogen-bond donors (Lipinski definition) is 2. The van der Waals surface area contributed by atoms with Crippen LogP contribution in [0.3, 0.4) is 0 Å². The van der Waals surface area contributed by atoms with Crippen molar-refractivity contribution < 1.29 is 9.63 Å². The van der Waals surface area contributed by atoms with Crippen LogP contribution in [-0.2, 0) is 6.54 Å². The van der Waals surface area contributed by atoms with Crippen molar-refractivity contribution in [3.63, 3.8) is 0 Å². The SMILES string of the molecule is C[C@H]1CC(C)(C)C[C@@](CO)(NCc2nc(-c3ccccc3Cl)no2)C1. The highest BCUT2D eigenvalue weighted by atomic mass is 35.5. The minimum absolute atomic E-state index is 0.103. The van der Waals surface area contributed by atoms with E-state index >= 15 is 0 Å². The highest BCUT2D eigenvalue weighted by Gasteiger charge is 2.42. The van der Waals surface area contributed by atoms with E-state index in [4.69, 9.17) is 16.1 Å². The van der Waals surface area contributed by atoms with Crippen molar-refractivity contribution in [2.75, 3.05) is 6.61 Å². The maximum absolute atomic E-state index is 10.0.